The third kappa shape index (κ3) is 3.14. The molecule has 3 rings (SSSR count). The Kier molecular flexibility index (Phi) is 4.42. The normalized spacial score (nSPS) is 14.5. The summed E-state index contributed by atoms with van der Waals surface area (Å²) in [5.74, 6) is 0.900. The highest BCUT2D eigenvalue weighted by atomic mass is 32.2. The average molecular weight is 320 g/mol. The molecule has 22 heavy (non-hydrogen) atoms. The molecule has 0 N–H and O–H groups in total. The number of thioether (sulfide) groups is 1. The van der Waals surface area contributed by atoms with Crippen molar-refractivity contribution in [3.8, 4) is 11.4 Å². The van der Waals surface area contributed by atoms with E-state index in [1.54, 1.807) is 12.1 Å². The van der Waals surface area contributed by atoms with Crippen molar-refractivity contribution in [2.24, 2.45) is 7.05 Å². The lowest BCUT2D eigenvalue weighted by Gasteiger charge is -2.14. The molecular weight excluding hydrogens is 303 g/mol. The number of hydrogen-bond donors (Lipinski definition) is 0. The van der Waals surface area contributed by atoms with E-state index >= 15 is 0 Å². The summed E-state index contributed by atoms with van der Waals surface area (Å²) in [6.07, 6.45) is 2.18. The third-order valence-corrected chi connectivity index (χ3v) is 4.73. The maximum atomic E-state index is 13.0. The van der Waals surface area contributed by atoms with Crippen LogP contribution in [0.4, 0.5) is 4.39 Å². The number of carbonyl (C=O) groups is 1. The number of likely N-dealkylation sites (tertiary alicyclic amines) is 1. The van der Waals surface area contributed by atoms with E-state index in [-0.39, 0.29) is 11.7 Å². The number of benzene rings is 1. The van der Waals surface area contributed by atoms with Gasteiger partial charge in [-0.05, 0) is 37.1 Å². The van der Waals surface area contributed by atoms with E-state index in [0.717, 1.165) is 31.5 Å². The fourth-order valence-corrected chi connectivity index (χ4v) is 3.29. The molecule has 116 valence electrons. The van der Waals surface area contributed by atoms with Gasteiger partial charge in [-0.2, -0.15) is 0 Å². The van der Waals surface area contributed by atoms with Crippen LogP contribution in [0.5, 0.6) is 0 Å². The molecule has 1 aliphatic rings. The molecule has 0 bridgehead atoms. The number of carbonyl (C=O) groups excluding carboxylic acids is 1. The molecule has 1 saturated heterocycles. The van der Waals surface area contributed by atoms with E-state index in [2.05, 4.69) is 10.2 Å². The quantitative estimate of drug-likeness (QED) is 0.812. The lowest BCUT2D eigenvalue weighted by Crippen LogP contribution is -2.29. The van der Waals surface area contributed by atoms with Crippen LogP contribution < -0.4 is 0 Å². The second-order valence-electron chi connectivity index (χ2n) is 5.25. The summed E-state index contributed by atoms with van der Waals surface area (Å²) < 4.78 is 14.8. The second kappa shape index (κ2) is 6.48. The zero-order valence-electron chi connectivity index (χ0n) is 12.3. The number of hydrogen-bond acceptors (Lipinski definition) is 4. The minimum Gasteiger partial charge on any atom is -0.342 e. The van der Waals surface area contributed by atoms with Crippen LogP contribution in [0.1, 0.15) is 12.8 Å². The summed E-state index contributed by atoms with van der Waals surface area (Å²) >= 11 is 1.38. The number of rotatable bonds is 4. The molecule has 1 aliphatic heterocycles. The van der Waals surface area contributed by atoms with Gasteiger partial charge in [0, 0.05) is 25.7 Å². The fraction of sp³-hybridized carbons (Fsp3) is 0.400. The monoisotopic (exact) mass is 320 g/mol. The molecular formula is C15H17FN4OS. The zero-order chi connectivity index (χ0) is 15.5. The van der Waals surface area contributed by atoms with Crippen LogP contribution in [0.3, 0.4) is 0 Å². The van der Waals surface area contributed by atoms with E-state index in [1.807, 2.05) is 16.5 Å². The predicted molar refractivity (Wildman–Crippen MR) is 82.9 cm³/mol. The van der Waals surface area contributed by atoms with Gasteiger partial charge < -0.3 is 9.47 Å². The van der Waals surface area contributed by atoms with Crippen LogP contribution in [-0.2, 0) is 11.8 Å². The van der Waals surface area contributed by atoms with Gasteiger partial charge in [0.1, 0.15) is 5.82 Å². The van der Waals surface area contributed by atoms with Crippen molar-refractivity contribution in [1.82, 2.24) is 19.7 Å². The van der Waals surface area contributed by atoms with Crippen LogP contribution in [0, 0.1) is 5.82 Å². The number of amides is 1. The van der Waals surface area contributed by atoms with Crippen molar-refractivity contribution in [2.45, 2.75) is 18.0 Å². The largest absolute Gasteiger partial charge is 0.342 e. The molecule has 7 heteroatoms. The molecule has 1 amide bonds. The molecule has 1 fully saturated rings. The third-order valence-electron chi connectivity index (χ3n) is 3.72. The number of aromatic nitrogens is 3. The molecule has 0 saturated carbocycles. The van der Waals surface area contributed by atoms with Crippen molar-refractivity contribution in [2.75, 3.05) is 18.8 Å². The first kappa shape index (κ1) is 15.0. The molecule has 0 spiro atoms. The van der Waals surface area contributed by atoms with Crippen LogP contribution in [0.25, 0.3) is 11.4 Å². The standard InChI is InChI=1S/C15H17FN4OS/c1-19-14(11-4-6-12(16)7-5-11)17-18-15(19)22-10-13(21)20-8-2-3-9-20/h4-7H,2-3,8-10H2,1H3. The van der Waals surface area contributed by atoms with Crippen LogP contribution in [-0.4, -0.2) is 44.4 Å². The molecule has 1 aromatic heterocycles. The van der Waals surface area contributed by atoms with Gasteiger partial charge in [-0.3, -0.25) is 4.79 Å². The summed E-state index contributed by atoms with van der Waals surface area (Å²) in [6.45, 7) is 1.72. The minimum atomic E-state index is -0.281. The van der Waals surface area contributed by atoms with Gasteiger partial charge in [0.05, 0.1) is 5.75 Å². The average Bonchev–Trinajstić information content (AvgIpc) is 3.16. The van der Waals surface area contributed by atoms with Gasteiger partial charge in [-0.1, -0.05) is 11.8 Å². The van der Waals surface area contributed by atoms with E-state index in [1.165, 1.54) is 23.9 Å². The van der Waals surface area contributed by atoms with Crippen molar-refractivity contribution in [3.63, 3.8) is 0 Å². The summed E-state index contributed by atoms with van der Waals surface area (Å²) in [4.78, 5) is 13.9. The first-order chi connectivity index (χ1) is 10.6. The van der Waals surface area contributed by atoms with Crippen molar-refractivity contribution < 1.29 is 9.18 Å². The Balaban J connectivity index is 1.68. The first-order valence-electron chi connectivity index (χ1n) is 7.21. The Morgan fingerprint density at radius 3 is 2.59 bits per heavy atom. The fourth-order valence-electron chi connectivity index (χ4n) is 2.48. The van der Waals surface area contributed by atoms with Gasteiger partial charge in [0.15, 0.2) is 11.0 Å². The van der Waals surface area contributed by atoms with Gasteiger partial charge in [-0.25, -0.2) is 4.39 Å². The smallest absolute Gasteiger partial charge is 0.233 e. The lowest BCUT2D eigenvalue weighted by molar-refractivity contribution is -0.127. The minimum absolute atomic E-state index is 0.147. The molecule has 2 heterocycles. The van der Waals surface area contributed by atoms with Gasteiger partial charge in [0.25, 0.3) is 0 Å². The predicted octanol–water partition coefficient (Wildman–Crippen LogP) is 2.34. The molecule has 1 aromatic carbocycles. The molecule has 0 aliphatic carbocycles. The van der Waals surface area contributed by atoms with E-state index in [0.29, 0.717) is 16.7 Å². The van der Waals surface area contributed by atoms with E-state index < -0.39 is 0 Å². The van der Waals surface area contributed by atoms with Crippen LogP contribution in [0.2, 0.25) is 0 Å². The van der Waals surface area contributed by atoms with Gasteiger partial charge in [-0.15, -0.1) is 10.2 Å². The molecule has 0 radical (unpaired) electrons. The maximum Gasteiger partial charge on any atom is 0.233 e. The molecule has 0 atom stereocenters. The number of nitrogens with zero attached hydrogens (tertiary/aromatic N) is 4. The summed E-state index contributed by atoms with van der Waals surface area (Å²) in [7, 11) is 1.85. The summed E-state index contributed by atoms with van der Waals surface area (Å²) in [5, 5.41) is 8.95. The van der Waals surface area contributed by atoms with Crippen molar-refractivity contribution in [3.05, 3.63) is 30.1 Å². The van der Waals surface area contributed by atoms with Crippen molar-refractivity contribution >= 4 is 17.7 Å². The highest BCUT2D eigenvalue weighted by molar-refractivity contribution is 7.99. The van der Waals surface area contributed by atoms with Gasteiger partial charge >= 0.3 is 0 Å². The van der Waals surface area contributed by atoms with Crippen molar-refractivity contribution in [1.29, 1.82) is 0 Å². The topological polar surface area (TPSA) is 51.0 Å². The SMILES string of the molecule is Cn1c(SCC(=O)N2CCCC2)nnc1-c1ccc(F)cc1. The van der Waals surface area contributed by atoms with E-state index in [9.17, 15) is 9.18 Å². The number of halogens is 1. The zero-order valence-corrected chi connectivity index (χ0v) is 13.1. The first-order valence-corrected chi connectivity index (χ1v) is 8.19. The Morgan fingerprint density at radius 1 is 1.23 bits per heavy atom. The lowest BCUT2D eigenvalue weighted by atomic mass is 10.2. The highest BCUT2D eigenvalue weighted by Crippen LogP contribution is 2.23. The Hall–Kier alpha value is -1.89. The highest BCUT2D eigenvalue weighted by Gasteiger charge is 2.19. The summed E-state index contributed by atoms with van der Waals surface area (Å²) in [5.41, 5.74) is 0.800. The Morgan fingerprint density at radius 2 is 1.91 bits per heavy atom. The maximum absolute atomic E-state index is 13.0. The Bertz CT molecular complexity index is 665. The van der Waals surface area contributed by atoms with Gasteiger partial charge in [0.2, 0.25) is 5.91 Å². The summed E-state index contributed by atoms with van der Waals surface area (Å²) in [6, 6.07) is 6.13. The van der Waals surface area contributed by atoms with Crippen LogP contribution >= 0.6 is 11.8 Å². The second-order valence-corrected chi connectivity index (χ2v) is 6.19. The Labute approximate surface area is 132 Å². The molecule has 5 nitrogen and oxygen atoms in total. The van der Waals surface area contributed by atoms with E-state index in [4.69, 9.17) is 0 Å². The molecule has 2 aromatic rings. The van der Waals surface area contributed by atoms with Crippen LogP contribution in [0.15, 0.2) is 29.4 Å². The molecule has 0 unspecified atom stereocenters.